The topological polar surface area (TPSA) is 44.2 Å². The van der Waals surface area contributed by atoms with Gasteiger partial charge in [-0.1, -0.05) is 166 Å². The Kier molecular flexibility index (Phi) is 8.12. The summed E-state index contributed by atoms with van der Waals surface area (Å²) in [5.41, 5.74) is 16.1. The predicted molar refractivity (Wildman–Crippen MR) is 239 cm³/mol. The van der Waals surface area contributed by atoms with Gasteiger partial charge in [-0.3, -0.25) is 0 Å². The number of hydrogen-bond donors (Lipinski definition) is 0. The highest BCUT2D eigenvalue weighted by atomic mass is 16.6. The van der Waals surface area contributed by atoms with Gasteiger partial charge in [-0.2, -0.15) is 0 Å². The molecular formula is C55H38N2O2. The molecule has 0 atom stereocenters. The molecule has 2 aliphatic rings. The van der Waals surface area contributed by atoms with E-state index in [1.165, 1.54) is 22.3 Å². The van der Waals surface area contributed by atoms with Gasteiger partial charge in [0, 0.05) is 22.1 Å². The van der Waals surface area contributed by atoms with Crippen LogP contribution in [-0.4, -0.2) is 9.97 Å². The van der Waals surface area contributed by atoms with Crippen molar-refractivity contribution in [3.8, 4) is 101 Å². The zero-order valence-electron chi connectivity index (χ0n) is 32.7. The monoisotopic (exact) mass is 758 g/mol. The minimum Gasteiger partial charge on any atom is -0.450 e. The molecule has 0 saturated carbocycles. The molecule has 0 amide bonds. The summed E-state index contributed by atoms with van der Waals surface area (Å²) in [4.78, 5) is 10.6. The third kappa shape index (κ3) is 6.09. The van der Waals surface area contributed by atoms with E-state index in [4.69, 9.17) is 19.4 Å². The largest absolute Gasteiger partial charge is 0.450 e. The van der Waals surface area contributed by atoms with Gasteiger partial charge >= 0.3 is 0 Å². The Morgan fingerprint density at radius 2 is 0.831 bits per heavy atom. The number of aromatic nitrogens is 2. The average molecular weight is 759 g/mol. The number of rotatable bonds is 6. The molecule has 9 aromatic rings. The van der Waals surface area contributed by atoms with Gasteiger partial charge in [-0.25, -0.2) is 9.97 Å². The lowest BCUT2D eigenvalue weighted by molar-refractivity contribution is 0.359. The Balaban J connectivity index is 1.01. The number of hydrogen-bond acceptors (Lipinski definition) is 4. The smallest absolute Gasteiger partial charge is 0.170 e. The first-order chi connectivity index (χ1) is 29.0. The van der Waals surface area contributed by atoms with E-state index in [-0.39, 0.29) is 5.41 Å². The van der Waals surface area contributed by atoms with Crippen molar-refractivity contribution in [3.05, 3.63) is 205 Å². The van der Waals surface area contributed by atoms with E-state index >= 15 is 0 Å². The highest BCUT2D eigenvalue weighted by Gasteiger charge is 2.37. The second kappa shape index (κ2) is 13.8. The van der Waals surface area contributed by atoms with Gasteiger partial charge in [-0.05, 0) is 98.1 Å². The molecule has 8 aromatic carbocycles. The lowest BCUT2D eigenvalue weighted by atomic mass is 9.82. The van der Waals surface area contributed by atoms with Gasteiger partial charge in [0.2, 0.25) is 0 Å². The Morgan fingerprint density at radius 3 is 1.49 bits per heavy atom. The zero-order chi connectivity index (χ0) is 39.5. The van der Waals surface area contributed by atoms with Crippen LogP contribution in [0.5, 0.6) is 23.0 Å². The number of fused-ring (bicyclic) bond motifs is 5. The second-order valence-electron chi connectivity index (χ2n) is 15.8. The van der Waals surface area contributed by atoms with E-state index < -0.39 is 0 Å². The quantitative estimate of drug-likeness (QED) is 0.169. The second-order valence-corrected chi connectivity index (χ2v) is 15.8. The molecule has 0 radical (unpaired) electrons. The Morgan fingerprint density at radius 1 is 0.322 bits per heavy atom. The van der Waals surface area contributed by atoms with Crippen LogP contribution in [0.25, 0.3) is 78.4 Å². The molecule has 2 heterocycles. The van der Waals surface area contributed by atoms with Crippen molar-refractivity contribution in [1.82, 2.24) is 9.97 Å². The SMILES string of the molecule is CC1(C)c2ccccc2-c2cc3c(cc21)Oc1ccc(-c2ccccc2-c2nc(-c4cccc(-c5ccccc5)c4)cc(-c4cccc(-c5ccccc5)c4)n2)cc1O3. The normalized spacial score (nSPS) is 13.0. The third-order valence-corrected chi connectivity index (χ3v) is 11.8. The fourth-order valence-electron chi connectivity index (χ4n) is 8.71. The average Bonchev–Trinajstić information content (AvgIpc) is 3.52. The maximum atomic E-state index is 6.69. The maximum Gasteiger partial charge on any atom is 0.170 e. The van der Waals surface area contributed by atoms with Gasteiger partial charge in [0.25, 0.3) is 0 Å². The summed E-state index contributed by atoms with van der Waals surface area (Å²) >= 11 is 0. The van der Waals surface area contributed by atoms with Crippen molar-refractivity contribution in [2.45, 2.75) is 19.3 Å². The summed E-state index contributed by atoms with van der Waals surface area (Å²) in [6, 6.07) is 67.7. The van der Waals surface area contributed by atoms with Crippen LogP contribution in [-0.2, 0) is 5.41 Å². The summed E-state index contributed by atoms with van der Waals surface area (Å²) in [5.74, 6) is 3.44. The number of benzene rings is 8. The first-order valence-electron chi connectivity index (χ1n) is 20.0. The molecule has 0 bridgehead atoms. The molecule has 59 heavy (non-hydrogen) atoms. The first kappa shape index (κ1) is 34.7. The molecule has 4 heteroatoms. The van der Waals surface area contributed by atoms with Crippen LogP contribution in [0, 0.1) is 0 Å². The van der Waals surface area contributed by atoms with Crippen LogP contribution in [0.3, 0.4) is 0 Å². The van der Waals surface area contributed by atoms with Crippen LogP contribution >= 0.6 is 0 Å². The predicted octanol–water partition coefficient (Wildman–Crippen LogP) is 14.7. The van der Waals surface area contributed by atoms with E-state index in [1.807, 2.05) is 18.2 Å². The highest BCUT2D eigenvalue weighted by molar-refractivity contribution is 5.86. The van der Waals surface area contributed by atoms with E-state index in [9.17, 15) is 0 Å². The molecular weight excluding hydrogens is 721 g/mol. The minimum absolute atomic E-state index is 0.132. The fraction of sp³-hybridized carbons (Fsp3) is 0.0545. The van der Waals surface area contributed by atoms with Crippen molar-refractivity contribution < 1.29 is 9.47 Å². The Labute approximate surface area is 344 Å². The Hall–Kier alpha value is -7.56. The lowest BCUT2D eigenvalue weighted by Gasteiger charge is -2.25. The molecule has 0 N–H and O–H groups in total. The van der Waals surface area contributed by atoms with Crippen molar-refractivity contribution in [2.75, 3.05) is 0 Å². The van der Waals surface area contributed by atoms with Gasteiger partial charge in [0.15, 0.2) is 28.8 Å². The molecule has 1 aliphatic heterocycles. The number of ether oxygens (including phenoxy) is 2. The summed E-state index contributed by atoms with van der Waals surface area (Å²) in [6.45, 7) is 4.55. The van der Waals surface area contributed by atoms with Gasteiger partial charge in [-0.15, -0.1) is 0 Å². The number of nitrogens with zero attached hydrogens (tertiary/aromatic N) is 2. The summed E-state index contributed by atoms with van der Waals surface area (Å²) in [6.07, 6.45) is 0. The van der Waals surface area contributed by atoms with Gasteiger partial charge < -0.3 is 9.47 Å². The molecule has 11 rings (SSSR count). The zero-order valence-corrected chi connectivity index (χ0v) is 32.7. The molecule has 1 aromatic heterocycles. The van der Waals surface area contributed by atoms with E-state index in [0.29, 0.717) is 23.1 Å². The molecule has 1 aliphatic carbocycles. The van der Waals surface area contributed by atoms with Crippen LogP contribution in [0.2, 0.25) is 0 Å². The maximum absolute atomic E-state index is 6.69. The van der Waals surface area contributed by atoms with Crippen LogP contribution in [0.15, 0.2) is 194 Å². The molecule has 0 fully saturated rings. The van der Waals surface area contributed by atoms with Gasteiger partial charge in [0.05, 0.1) is 11.4 Å². The molecule has 0 spiro atoms. The molecule has 0 saturated heterocycles. The summed E-state index contributed by atoms with van der Waals surface area (Å²) in [7, 11) is 0. The van der Waals surface area contributed by atoms with E-state index in [1.54, 1.807) is 0 Å². The standard InChI is InChI=1S/C55H38N2O2/c1-55(2)46-26-12-11-24-43(46)45-32-52-53(33-47(45)55)58-50-28-27-39(31-51(50)59-52)42-23-9-10-25-44(42)54-56-48(40-21-13-19-37(29-40)35-15-5-3-6-16-35)34-49(57-54)41-22-14-20-38(30-41)36-17-7-4-8-18-36/h3-34H,1-2H3. The lowest BCUT2D eigenvalue weighted by Crippen LogP contribution is -2.15. The highest BCUT2D eigenvalue weighted by Crippen LogP contribution is 2.55. The van der Waals surface area contributed by atoms with Crippen molar-refractivity contribution in [2.24, 2.45) is 0 Å². The van der Waals surface area contributed by atoms with Crippen LogP contribution in [0.4, 0.5) is 0 Å². The first-order valence-corrected chi connectivity index (χ1v) is 20.0. The van der Waals surface area contributed by atoms with Crippen molar-refractivity contribution >= 4 is 0 Å². The van der Waals surface area contributed by atoms with Gasteiger partial charge in [0.1, 0.15) is 0 Å². The van der Waals surface area contributed by atoms with Crippen molar-refractivity contribution in [3.63, 3.8) is 0 Å². The van der Waals surface area contributed by atoms with Crippen LogP contribution < -0.4 is 9.47 Å². The third-order valence-electron chi connectivity index (χ3n) is 11.8. The van der Waals surface area contributed by atoms with E-state index in [0.717, 1.165) is 67.2 Å². The molecule has 0 unspecified atom stereocenters. The van der Waals surface area contributed by atoms with Crippen molar-refractivity contribution in [1.29, 1.82) is 0 Å². The Bertz CT molecular complexity index is 2980. The van der Waals surface area contributed by atoms with Crippen LogP contribution in [0.1, 0.15) is 25.0 Å². The summed E-state index contributed by atoms with van der Waals surface area (Å²) < 4.78 is 13.3. The molecule has 4 nitrogen and oxygen atoms in total. The fourth-order valence-corrected chi connectivity index (χ4v) is 8.71. The van der Waals surface area contributed by atoms with E-state index in [2.05, 4.69) is 190 Å². The summed E-state index contributed by atoms with van der Waals surface area (Å²) in [5, 5.41) is 0. The minimum atomic E-state index is -0.132. The molecule has 280 valence electrons.